The molecule has 0 spiro atoms. The predicted octanol–water partition coefficient (Wildman–Crippen LogP) is 2.60. The molecule has 0 fully saturated rings. The van der Waals surface area contributed by atoms with Crippen molar-refractivity contribution in [3.8, 4) is 0 Å². The Morgan fingerprint density at radius 1 is 1.21 bits per heavy atom. The van der Waals surface area contributed by atoms with Crippen LogP contribution in [0.1, 0.15) is 26.3 Å². The smallest absolute Gasteiger partial charge is 0.408 e. The van der Waals surface area contributed by atoms with E-state index < -0.39 is 59.9 Å². The fraction of sp³-hybridized carbons (Fsp3) is 0.467. The highest BCUT2D eigenvalue weighted by Gasteiger charge is 2.24. The van der Waals surface area contributed by atoms with E-state index >= 15 is 0 Å². The third kappa shape index (κ3) is 6.07. The molecule has 0 aromatic heterocycles. The van der Waals surface area contributed by atoms with Crippen LogP contribution >= 0.6 is 0 Å². The standard InChI is InChI=1S/C15H18F3NO5/c1-15(2,3)24-14(22)19-11(13(20)21)7-23-6-8-9(16)4-5-10(17)12(8)18/h4-5,11H,6-7H2,1-3H3,(H,19,22)(H,20,21)/t11-/m1/s1. The Morgan fingerprint density at radius 3 is 2.33 bits per heavy atom. The largest absolute Gasteiger partial charge is 0.480 e. The molecule has 1 aromatic carbocycles. The van der Waals surface area contributed by atoms with Crippen molar-refractivity contribution in [2.24, 2.45) is 0 Å². The fourth-order valence-corrected chi connectivity index (χ4v) is 1.60. The maximum absolute atomic E-state index is 13.4. The molecule has 2 N–H and O–H groups in total. The number of halogens is 3. The van der Waals surface area contributed by atoms with Gasteiger partial charge in [-0.25, -0.2) is 22.8 Å². The molecule has 0 heterocycles. The van der Waals surface area contributed by atoms with E-state index in [1.54, 1.807) is 20.8 Å². The summed E-state index contributed by atoms with van der Waals surface area (Å²) in [6.07, 6.45) is -0.985. The number of rotatable bonds is 6. The van der Waals surface area contributed by atoms with Gasteiger partial charge in [0, 0.05) is 0 Å². The molecule has 24 heavy (non-hydrogen) atoms. The van der Waals surface area contributed by atoms with Crippen molar-refractivity contribution in [1.29, 1.82) is 0 Å². The van der Waals surface area contributed by atoms with Crippen LogP contribution in [0.3, 0.4) is 0 Å². The zero-order chi connectivity index (χ0) is 18.5. The highest BCUT2D eigenvalue weighted by Crippen LogP contribution is 2.16. The van der Waals surface area contributed by atoms with Crippen LogP contribution in [0.5, 0.6) is 0 Å². The number of alkyl carbamates (subject to hydrolysis) is 1. The fourth-order valence-electron chi connectivity index (χ4n) is 1.60. The van der Waals surface area contributed by atoms with Gasteiger partial charge in [0.15, 0.2) is 17.7 Å². The van der Waals surface area contributed by atoms with Crippen molar-refractivity contribution in [1.82, 2.24) is 5.32 Å². The molecular weight excluding hydrogens is 331 g/mol. The van der Waals surface area contributed by atoms with Crippen LogP contribution in [0.4, 0.5) is 18.0 Å². The average molecular weight is 349 g/mol. The highest BCUT2D eigenvalue weighted by molar-refractivity contribution is 5.80. The Kier molecular flexibility index (Phi) is 6.59. The van der Waals surface area contributed by atoms with Crippen molar-refractivity contribution >= 4 is 12.1 Å². The van der Waals surface area contributed by atoms with Gasteiger partial charge in [0.05, 0.1) is 18.8 Å². The SMILES string of the molecule is CC(C)(C)OC(=O)N[C@H](COCc1c(F)ccc(F)c1F)C(=O)O. The Labute approximate surface area is 136 Å². The molecule has 0 aliphatic rings. The number of ether oxygens (including phenoxy) is 2. The first-order valence-corrected chi connectivity index (χ1v) is 6.93. The Morgan fingerprint density at radius 2 is 1.79 bits per heavy atom. The van der Waals surface area contributed by atoms with Crippen LogP contribution in [0, 0.1) is 17.5 Å². The Hall–Kier alpha value is -2.29. The van der Waals surface area contributed by atoms with E-state index in [4.69, 9.17) is 14.6 Å². The maximum Gasteiger partial charge on any atom is 0.408 e. The predicted molar refractivity (Wildman–Crippen MR) is 76.8 cm³/mol. The van der Waals surface area contributed by atoms with Gasteiger partial charge in [-0.3, -0.25) is 0 Å². The lowest BCUT2D eigenvalue weighted by molar-refractivity contribution is -0.141. The highest BCUT2D eigenvalue weighted by atomic mass is 19.2. The number of amides is 1. The normalized spacial score (nSPS) is 12.6. The van der Waals surface area contributed by atoms with Gasteiger partial charge in [-0.2, -0.15) is 0 Å². The average Bonchev–Trinajstić information content (AvgIpc) is 2.43. The van der Waals surface area contributed by atoms with Gasteiger partial charge in [0.25, 0.3) is 0 Å². The number of carboxylic acids is 1. The van der Waals surface area contributed by atoms with Crippen molar-refractivity contribution in [3.63, 3.8) is 0 Å². The zero-order valence-electron chi connectivity index (χ0n) is 13.4. The minimum absolute atomic E-state index is 0.593. The van der Waals surface area contributed by atoms with Crippen LogP contribution in [0.25, 0.3) is 0 Å². The number of carbonyl (C=O) groups excluding carboxylic acids is 1. The molecule has 0 aliphatic carbocycles. The molecule has 1 rings (SSSR count). The van der Waals surface area contributed by atoms with E-state index in [0.29, 0.717) is 6.07 Å². The molecule has 0 bridgehead atoms. The summed E-state index contributed by atoms with van der Waals surface area (Å²) < 4.78 is 49.7. The van der Waals surface area contributed by atoms with Gasteiger partial charge in [-0.15, -0.1) is 0 Å². The second-order valence-corrected chi connectivity index (χ2v) is 5.87. The molecular formula is C15H18F3NO5. The molecule has 1 amide bonds. The van der Waals surface area contributed by atoms with Gasteiger partial charge < -0.3 is 19.9 Å². The second kappa shape index (κ2) is 8.00. The zero-order valence-corrected chi connectivity index (χ0v) is 13.4. The van der Waals surface area contributed by atoms with E-state index in [1.165, 1.54) is 0 Å². The third-order valence-electron chi connectivity index (χ3n) is 2.66. The van der Waals surface area contributed by atoms with E-state index in [2.05, 4.69) is 5.32 Å². The van der Waals surface area contributed by atoms with Gasteiger partial charge >= 0.3 is 12.1 Å². The summed E-state index contributed by atoms with van der Waals surface area (Å²) in [5.74, 6) is -5.12. The topological polar surface area (TPSA) is 84.9 Å². The number of aliphatic carboxylic acids is 1. The monoisotopic (exact) mass is 349 g/mol. The lowest BCUT2D eigenvalue weighted by Crippen LogP contribution is -2.46. The summed E-state index contributed by atoms with van der Waals surface area (Å²) in [5.41, 5.74) is -1.50. The molecule has 1 aromatic rings. The van der Waals surface area contributed by atoms with Gasteiger partial charge in [-0.1, -0.05) is 0 Å². The molecule has 134 valence electrons. The first-order chi connectivity index (χ1) is 11.0. The first-order valence-electron chi connectivity index (χ1n) is 6.93. The van der Waals surface area contributed by atoms with Crippen LogP contribution in [0.2, 0.25) is 0 Å². The number of carboxylic acid groups (broad SMARTS) is 1. The maximum atomic E-state index is 13.4. The molecule has 6 nitrogen and oxygen atoms in total. The number of nitrogens with one attached hydrogen (secondary N) is 1. The van der Waals surface area contributed by atoms with Crippen molar-refractivity contribution in [2.75, 3.05) is 6.61 Å². The quantitative estimate of drug-likeness (QED) is 0.771. The minimum atomic E-state index is -1.50. The van der Waals surface area contributed by atoms with Gasteiger partial charge in [0.2, 0.25) is 0 Å². The van der Waals surface area contributed by atoms with E-state index in [9.17, 15) is 22.8 Å². The Bertz CT molecular complexity index is 616. The lowest BCUT2D eigenvalue weighted by atomic mass is 10.2. The van der Waals surface area contributed by atoms with Crippen molar-refractivity contribution in [3.05, 3.63) is 35.1 Å². The van der Waals surface area contributed by atoms with E-state index in [1.807, 2.05) is 0 Å². The second-order valence-electron chi connectivity index (χ2n) is 5.87. The lowest BCUT2D eigenvalue weighted by Gasteiger charge is -2.22. The van der Waals surface area contributed by atoms with Crippen LogP contribution in [0.15, 0.2) is 12.1 Å². The summed E-state index contributed by atoms with van der Waals surface area (Å²) in [6, 6.07) is -0.150. The number of hydrogen-bond donors (Lipinski definition) is 2. The Balaban J connectivity index is 2.64. The minimum Gasteiger partial charge on any atom is -0.480 e. The molecule has 0 unspecified atom stereocenters. The molecule has 0 radical (unpaired) electrons. The van der Waals surface area contributed by atoms with Gasteiger partial charge in [-0.05, 0) is 32.9 Å². The van der Waals surface area contributed by atoms with Crippen LogP contribution < -0.4 is 5.32 Å². The summed E-state index contributed by atoms with van der Waals surface area (Å²) >= 11 is 0. The third-order valence-corrected chi connectivity index (χ3v) is 2.66. The van der Waals surface area contributed by atoms with Crippen LogP contribution in [-0.2, 0) is 20.9 Å². The first kappa shape index (κ1) is 19.8. The molecule has 9 heteroatoms. The van der Waals surface area contributed by atoms with Crippen molar-refractivity contribution in [2.45, 2.75) is 39.0 Å². The summed E-state index contributed by atoms with van der Waals surface area (Å²) in [6.45, 7) is 3.48. The summed E-state index contributed by atoms with van der Waals surface area (Å²) in [7, 11) is 0. The molecule has 0 saturated carbocycles. The molecule has 0 saturated heterocycles. The summed E-state index contributed by atoms with van der Waals surface area (Å²) in [5, 5.41) is 11.1. The van der Waals surface area contributed by atoms with Gasteiger partial charge in [0.1, 0.15) is 11.4 Å². The molecule has 1 atom stereocenters. The van der Waals surface area contributed by atoms with Crippen molar-refractivity contribution < 1.29 is 37.3 Å². The number of carbonyl (C=O) groups is 2. The number of benzene rings is 1. The summed E-state index contributed by atoms with van der Waals surface area (Å²) in [4.78, 5) is 22.6. The van der Waals surface area contributed by atoms with E-state index in [-0.39, 0.29) is 0 Å². The molecule has 0 aliphatic heterocycles. The van der Waals surface area contributed by atoms with E-state index in [0.717, 1.165) is 6.07 Å². The van der Waals surface area contributed by atoms with Crippen LogP contribution in [-0.4, -0.2) is 35.4 Å². The number of hydrogen-bond acceptors (Lipinski definition) is 4.